The van der Waals surface area contributed by atoms with Gasteiger partial charge in [0.05, 0.1) is 0 Å². The minimum Gasteiger partial charge on any atom is -0.330 e. The molecule has 0 spiro atoms. The highest BCUT2D eigenvalue weighted by Crippen LogP contribution is 2.22. The summed E-state index contributed by atoms with van der Waals surface area (Å²) in [7, 11) is -2.87. The molecule has 5 heteroatoms. The van der Waals surface area contributed by atoms with Crippen molar-refractivity contribution in [2.45, 2.75) is 25.7 Å². The first-order chi connectivity index (χ1) is 5.16. The van der Waals surface area contributed by atoms with Gasteiger partial charge in [-0.2, -0.15) is 0 Å². The summed E-state index contributed by atoms with van der Waals surface area (Å²) in [6.07, 6.45) is 5.61. The Morgan fingerprint density at radius 1 is 1.36 bits per heavy atom. The van der Waals surface area contributed by atoms with Crippen molar-refractivity contribution >= 4 is 8.25 Å². The molecule has 0 aliphatic heterocycles. The van der Waals surface area contributed by atoms with E-state index in [1.165, 1.54) is 25.7 Å². The average molecular weight is 180 g/mol. The van der Waals surface area contributed by atoms with E-state index in [-0.39, 0.29) is 0 Å². The van der Waals surface area contributed by atoms with E-state index in [9.17, 15) is 0 Å². The minimum absolute atomic E-state index is 0.875. The topological polar surface area (TPSA) is 83.6 Å². The molecule has 1 rings (SSSR count). The van der Waals surface area contributed by atoms with Crippen LogP contribution in [0.4, 0.5) is 0 Å². The van der Waals surface area contributed by atoms with Gasteiger partial charge in [-0.15, -0.1) is 9.79 Å². The second-order valence-corrected chi connectivity index (χ2v) is 3.14. The SMILES string of the molecule is NCC1CCCC1.O=[P+](O)O. The summed E-state index contributed by atoms with van der Waals surface area (Å²) in [5.74, 6) is 0.875. The molecule has 11 heavy (non-hydrogen) atoms. The highest BCUT2D eigenvalue weighted by Gasteiger charge is 2.11. The van der Waals surface area contributed by atoms with E-state index in [1.807, 2.05) is 0 Å². The van der Waals surface area contributed by atoms with E-state index in [4.69, 9.17) is 20.1 Å². The molecule has 0 amide bonds. The van der Waals surface area contributed by atoms with Gasteiger partial charge in [-0.1, -0.05) is 12.8 Å². The third-order valence-corrected chi connectivity index (χ3v) is 1.81. The van der Waals surface area contributed by atoms with E-state index >= 15 is 0 Å². The molecule has 1 saturated carbocycles. The van der Waals surface area contributed by atoms with Crippen molar-refractivity contribution in [3.05, 3.63) is 0 Å². The maximum atomic E-state index is 8.70. The largest absolute Gasteiger partial charge is 0.692 e. The van der Waals surface area contributed by atoms with Crippen molar-refractivity contribution < 1.29 is 14.4 Å². The second-order valence-electron chi connectivity index (χ2n) is 2.64. The van der Waals surface area contributed by atoms with Crippen LogP contribution < -0.4 is 5.73 Å². The van der Waals surface area contributed by atoms with Crippen LogP contribution >= 0.6 is 8.25 Å². The Bertz CT molecular complexity index is 110. The molecule has 1 aliphatic rings. The zero-order valence-corrected chi connectivity index (χ0v) is 7.33. The number of nitrogens with two attached hydrogens (primary N) is 1. The first-order valence-electron chi connectivity index (χ1n) is 3.72. The molecule has 66 valence electrons. The van der Waals surface area contributed by atoms with Gasteiger partial charge < -0.3 is 5.73 Å². The number of hydrogen-bond acceptors (Lipinski definition) is 2. The molecule has 0 aromatic heterocycles. The summed E-state index contributed by atoms with van der Waals surface area (Å²) in [5, 5.41) is 0. The van der Waals surface area contributed by atoms with Gasteiger partial charge in [-0.3, -0.25) is 0 Å². The quantitative estimate of drug-likeness (QED) is 0.520. The lowest BCUT2D eigenvalue weighted by Crippen LogP contribution is -2.09. The molecule has 0 aromatic rings. The smallest absolute Gasteiger partial charge is 0.330 e. The van der Waals surface area contributed by atoms with Crippen molar-refractivity contribution in [3.63, 3.8) is 0 Å². The van der Waals surface area contributed by atoms with Crippen LogP contribution in [0.15, 0.2) is 0 Å². The van der Waals surface area contributed by atoms with Crippen molar-refractivity contribution in [1.29, 1.82) is 0 Å². The summed E-state index contributed by atoms with van der Waals surface area (Å²) in [5.41, 5.74) is 5.43. The predicted molar refractivity (Wildman–Crippen MR) is 43.1 cm³/mol. The summed E-state index contributed by atoms with van der Waals surface area (Å²) >= 11 is 0. The van der Waals surface area contributed by atoms with E-state index in [0.717, 1.165) is 12.5 Å². The van der Waals surface area contributed by atoms with Crippen molar-refractivity contribution in [2.75, 3.05) is 6.54 Å². The standard InChI is InChI=1S/C6H13N.HO3P/c7-5-6-3-1-2-4-6;1-4(2)3/h6H,1-5,7H2;(H-,1,2,3)/p+1. The molecule has 4 N–H and O–H groups in total. The molecule has 0 unspecified atom stereocenters. The van der Waals surface area contributed by atoms with Crippen LogP contribution in [0.2, 0.25) is 0 Å². The lowest BCUT2D eigenvalue weighted by Gasteiger charge is -1.99. The molecule has 0 radical (unpaired) electrons. The molecule has 0 heterocycles. The van der Waals surface area contributed by atoms with Crippen LogP contribution in [-0.2, 0) is 4.57 Å². The Morgan fingerprint density at radius 3 is 1.91 bits per heavy atom. The van der Waals surface area contributed by atoms with Gasteiger partial charge in [0, 0.05) is 4.57 Å². The first kappa shape index (κ1) is 11.0. The lowest BCUT2D eigenvalue weighted by atomic mass is 10.1. The molecular weight excluding hydrogens is 165 g/mol. The third-order valence-electron chi connectivity index (χ3n) is 1.81. The Hall–Kier alpha value is -0.0200. The van der Waals surface area contributed by atoms with Gasteiger partial charge in [0.25, 0.3) is 0 Å². The maximum absolute atomic E-state index is 8.70. The molecule has 4 nitrogen and oxygen atoms in total. The van der Waals surface area contributed by atoms with Gasteiger partial charge in [-0.25, -0.2) is 0 Å². The summed E-state index contributed by atoms with van der Waals surface area (Å²) in [6, 6.07) is 0. The average Bonchev–Trinajstić information content (AvgIpc) is 2.36. The van der Waals surface area contributed by atoms with Crippen LogP contribution in [0.1, 0.15) is 25.7 Å². The van der Waals surface area contributed by atoms with Crippen LogP contribution in [0.25, 0.3) is 0 Å². The maximum Gasteiger partial charge on any atom is 0.692 e. The van der Waals surface area contributed by atoms with Gasteiger partial charge in [0.15, 0.2) is 0 Å². The second kappa shape index (κ2) is 6.68. The van der Waals surface area contributed by atoms with Crippen LogP contribution in [0.5, 0.6) is 0 Å². The highest BCUT2D eigenvalue weighted by atomic mass is 31.1. The zero-order valence-electron chi connectivity index (χ0n) is 6.44. The van der Waals surface area contributed by atoms with Crippen molar-refractivity contribution in [3.8, 4) is 0 Å². The Balaban J connectivity index is 0.000000218. The van der Waals surface area contributed by atoms with E-state index in [2.05, 4.69) is 0 Å². The van der Waals surface area contributed by atoms with Crippen LogP contribution in [0.3, 0.4) is 0 Å². The minimum atomic E-state index is -2.87. The van der Waals surface area contributed by atoms with Crippen LogP contribution in [-0.4, -0.2) is 16.3 Å². The van der Waals surface area contributed by atoms with Gasteiger partial charge >= 0.3 is 8.25 Å². The van der Waals surface area contributed by atoms with E-state index in [1.54, 1.807) is 0 Å². The summed E-state index contributed by atoms with van der Waals surface area (Å²) in [4.78, 5) is 14.2. The molecule has 1 fully saturated rings. The predicted octanol–water partition coefficient (Wildman–Crippen LogP) is 0.764. The Kier molecular flexibility index (Phi) is 6.66. The van der Waals surface area contributed by atoms with Gasteiger partial charge in [0.2, 0.25) is 0 Å². The third kappa shape index (κ3) is 7.88. The monoisotopic (exact) mass is 180 g/mol. The lowest BCUT2D eigenvalue weighted by molar-refractivity contribution is 0.405. The summed E-state index contributed by atoms with van der Waals surface area (Å²) < 4.78 is 8.70. The summed E-state index contributed by atoms with van der Waals surface area (Å²) in [6.45, 7) is 0.917. The van der Waals surface area contributed by atoms with Gasteiger partial charge in [-0.05, 0) is 25.3 Å². The van der Waals surface area contributed by atoms with Crippen LogP contribution in [0, 0.1) is 5.92 Å². The zero-order chi connectivity index (χ0) is 8.69. The Labute approximate surface area is 67.4 Å². The van der Waals surface area contributed by atoms with Crippen molar-refractivity contribution in [1.82, 2.24) is 0 Å². The molecule has 1 aliphatic carbocycles. The molecular formula is C6H15NO3P+. The molecule has 0 bridgehead atoms. The number of hydrogen-bond donors (Lipinski definition) is 3. The molecule has 0 atom stereocenters. The van der Waals surface area contributed by atoms with E-state index < -0.39 is 8.25 Å². The highest BCUT2D eigenvalue weighted by molar-refractivity contribution is 7.30. The van der Waals surface area contributed by atoms with Crippen molar-refractivity contribution in [2.24, 2.45) is 11.7 Å². The first-order valence-corrected chi connectivity index (χ1v) is 4.88. The fourth-order valence-electron chi connectivity index (χ4n) is 1.25. The normalized spacial score (nSPS) is 17.4. The molecule has 0 aromatic carbocycles. The van der Waals surface area contributed by atoms with Gasteiger partial charge in [0.1, 0.15) is 0 Å². The van der Waals surface area contributed by atoms with E-state index in [0.29, 0.717) is 0 Å². The fourth-order valence-corrected chi connectivity index (χ4v) is 1.25. The molecule has 0 saturated heterocycles. The fraction of sp³-hybridized carbons (Fsp3) is 1.00. The Morgan fingerprint density at radius 2 is 1.73 bits per heavy atom. The number of rotatable bonds is 1.